The predicted molar refractivity (Wildman–Crippen MR) is 70.8 cm³/mol. The fourth-order valence-corrected chi connectivity index (χ4v) is 2.49. The Kier molecular flexibility index (Phi) is 5.95. The van der Waals surface area contributed by atoms with E-state index in [2.05, 4.69) is 29.5 Å². The maximum Gasteiger partial charge on any atom is 0.110 e. The van der Waals surface area contributed by atoms with E-state index in [4.69, 9.17) is 5.73 Å². The van der Waals surface area contributed by atoms with E-state index in [0.29, 0.717) is 12.1 Å². The molecule has 2 unspecified atom stereocenters. The number of nitrogens with zero attached hydrogens (tertiary/aromatic N) is 1. The predicted octanol–water partition coefficient (Wildman–Crippen LogP) is 2.62. The van der Waals surface area contributed by atoms with Crippen molar-refractivity contribution in [1.82, 2.24) is 10.3 Å². The third-order valence-electron chi connectivity index (χ3n) is 2.63. The number of aromatic nitrogens is 1. The molecule has 1 heterocycles. The molecule has 1 aromatic heterocycles. The van der Waals surface area contributed by atoms with Crippen molar-refractivity contribution in [2.75, 3.05) is 6.54 Å². The first-order valence-corrected chi connectivity index (χ1v) is 6.92. The highest BCUT2D eigenvalue weighted by atomic mass is 32.1. The van der Waals surface area contributed by atoms with Crippen LogP contribution in [0.1, 0.15) is 49.9 Å². The summed E-state index contributed by atoms with van der Waals surface area (Å²) in [7, 11) is 0. The molecule has 0 aliphatic rings. The Balaban J connectivity index is 2.22. The Labute approximate surface area is 102 Å². The van der Waals surface area contributed by atoms with Gasteiger partial charge in [-0.3, -0.25) is 0 Å². The van der Waals surface area contributed by atoms with Crippen LogP contribution in [0.3, 0.4) is 0 Å². The van der Waals surface area contributed by atoms with Gasteiger partial charge >= 0.3 is 0 Å². The van der Waals surface area contributed by atoms with Gasteiger partial charge in [0.05, 0.1) is 6.04 Å². The summed E-state index contributed by atoms with van der Waals surface area (Å²) in [5, 5.41) is 6.73. The van der Waals surface area contributed by atoms with E-state index in [1.807, 2.05) is 6.92 Å². The first kappa shape index (κ1) is 13.6. The van der Waals surface area contributed by atoms with E-state index in [1.54, 1.807) is 11.3 Å². The molecule has 0 radical (unpaired) electrons. The summed E-state index contributed by atoms with van der Waals surface area (Å²) in [6.07, 6.45) is 3.33. The molecule has 0 bridgehead atoms. The second kappa shape index (κ2) is 6.99. The molecule has 0 spiro atoms. The lowest BCUT2D eigenvalue weighted by molar-refractivity contribution is 0.493. The number of hydrogen-bond acceptors (Lipinski definition) is 4. The molecule has 2 atom stereocenters. The van der Waals surface area contributed by atoms with Crippen LogP contribution in [0.4, 0.5) is 0 Å². The van der Waals surface area contributed by atoms with Crippen molar-refractivity contribution in [2.24, 2.45) is 5.73 Å². The summed E-state index contributed by atoms with van der Waals surface area (Å²) in [6.45, 7) is 7.34. The van der Waals surface area contributed by atoms with E-state index < -0.39 is 0 Å². The molecular formula is C12H23N3S. The van der Waals surface area contributed by atoms with Crippen LogP contribution in [0.25, 0.3) is 0 Å². The van der Waals surface area contributed by atoms with Crippen molar-refractivity contribution >= 4 is 11.3 Å². The van der Waals surface area contributed by atoms with Crippen LogP contribution in [0.15, 0.2) is 5.38 Å². The van der Waals surface area contributed by atoms with Gasteiger partial charge in [0, 0.05) is 17.1 Å². The van der Waals surface area contributed by atoms with Gasteiger partial charge in [0.2, 0.25) is 0 Å². The molecule has 0 fully saturated rings. The molecule has 1 rings (SSSR count). The van der Waals surface area contributed by atoms with Crippen molar-refractivity contribution in [2.45, 2.75) is 52.1 Å². The number of nitrogens with one attached hydrogen (secondary N) is 1. The molecule has 0 aromatic carbocycles. The van der Waals surface area contributed by atoms with Crippen molar-refractivity contribution < 1.29 is 0 Å². The fraction of sp³-hybridized carbons (Fsp3) is 0.750. The second-order valence-electron chi connectivity index (χ2n) is 4.34. The Morgan fingerprint density at radius 2 is 2.25 bits per heavy atom. The fourth-order valence-electron chi connectivity index (χ4n) is 1.66. The van der Waals surface area contributed by atoms with Crippen molar-refractivity contribution in [1.29, 1.82) is 0 Å². The first-order valence-electron chi connectivity index (χ1n) is 6.04. The molecule has 0 saturated heterocycles. The molecule has 1 aromatic rings. The SMILES string of the molecule is CCCC(N)CCNC(C)c1nc(C)cs1. The monoisotopic (exact) mass is 241 g/mol. The molecule has 3 N–H and O–H groups in total. The number of hydrogen-bond donors (Lipinski definition) is 2. The molecule has 0 aliphatic heterocycles. The van der Waals surface area contributed by atoms with Gasteiger partial charge in [-0.1, -0.05) is 13.3 Å². The van der Waals surface area contributed by atoms with Crippen molar-refractivity contribution in [3.63, 3.8) is 0 Å². The Morgan fingerprint density at radius 1 is 1.50 bits per heavy atom. The van der Waals surface area contributed by atoms with Crippen LogP contribution in [-0.2, 0) is 0 Å². The largest absolute Gasteiger partial charge is 0.328 e. The average molecular weight is 241 g/mol. The van der Waals surface area contributed by atoms with Gasteiger partial charge in [-0.15, -0.1) is 11.3 Å². The molecule has 0 aliphatic carbocycles. The van der Waals surface area contributed by atoms with Gasteiger partial charge in [0.25, 0.3) is 0 Å². The van der Waals surface area contributed by atoms with Crippen LogP contribution in [0.2, 0.25) is 0 Å². The molecule has 0 saturated carbocycles. The number of thiazole rings is 1. The lowest BCUT2D eigenvalue weighted by atomic mass is 10.1. The molecular weight excluding hydrogens is 218 g/mol. The summed E-state index contributed by atoms with van der Waals surface area (Å²) in [5.41, 5.74) is 7.07. The third kappa shape index (κ3) is 4.60. The van der Waals surface area contributed by atoms with Crippen molar-refractivity contribution in [3.05, 3.63) is 16.1 Å². The minimum Gasteiger partial charge on any atom is -0.328 e. The van der Waals surface area contributed by atoms with E-state index in [0.717, 1.165) is 25.1 Å². The highest BCUT2D eigenvalue weighted by Gasteiger charge is 2.09. The summed E-state index contributed by atoms with van der Waals surface area (Å²) in [5.74, 6) is 0. The number of aryl methyl sites for hydroxylation is 1. The minimum absolute atomic E-state index is 0.336. The number of nitrogens with two attached hydrogens (primary N) is 1. The summed E-state index contributed by atoms with van der Waals surface area (Å²) >= 11 is 1.72. The Hall–Kier alpha value is -0.450. The Bertz CT molecular complexity index is 298. The van der Waals surface area contributed by atoms with Crippen LogP contribution in [0, 0.1) is 6.92 Å². The maximum atomic E-state index is 5.96. The van der Waals surface area contributed by atoms with Gasteiger partial charge < -0.3 is 11.1 Å². The van der Waals surface area contributed by atoms with E-state index in [9.17, 15) is 0 Å². The highest BCUT2D eigenvalue weighted by molar-refractivity contribution is 7.09. The molecule has 16 heavy (non-hydrogen) atoms. The molecule has 0 amide bonds. The summed E-state index contributed by atoms with van der Waals surface area (Å²) < 4.78 is 0. The van der Waals surface area contributed by atoms with Gasteiger partial charge in [-0.2, -0.15) is 0 Å². The van der Waals surface area contributed by atoms with Crippen LogP contribution in [-0.4, -0.2) is 17.6 Å². The molecule has 92 valence electrons. The van der Waals surface area contributed by atoms with Gasteiger partial charge in [-0.25, -0.2) is 4.98 Å². The lowest BCUT2D eigenvalue weighted by Crippen LogP contribution is -2.28. The van der Waals surface area contributed by atoms with Crippen molar-refractivity contribution in [3.8, 4) is 0 Å². The topological polar surface area (TPSA) is 50.9 Å². The zero-order valence-electron chi connectivity index (χ0n) is 10.5. The summed E-state index contributed by atoms with van der Waals surface area (Å²) in [4.78, 5) is 4.47. The summed E-state index contributed by atoms with van der Waals surface area (Å²) in [6, 6.07) is 0.676. The molecule has 4 heteroatoms. The standard InChI is InChI=1S/C12H23N3S/c1-4-5-11(13)6-7-14-10(3)12-15-9(2)8-16-12/h8,10-11,14H,4-7,13H2,1-3H3. The van der Waals surface area contributed by atoms with Crippen LogP contribution in [0.5, 0.6) is 0 Å². The normalized spacial score (nSPS) is 15.0. The van der Waals surface area contributed by atoms with Gasteiger partial charge in [-0.05, 0) is 33.2 Å². The lowest BCUT2D eigenvalue weighted by Gasteiger charge is -2.14. The van der Waals surface area contributed by atoms with E-state index in [1.165, 1.54) is 11.4 Å². The number of rotatable bonds is 7. The highest BCUT2D eigenvalue weighted by Crippen LogP contribution is 2.17. The quantitative estimate of drug-likeness (QED) is 0.771. The van der Waals surface area contributed by atoms with Gasteiger partial charge in [0.1, 0.15) is 5.01 Å². The molecule has 3 nitrogen and oxygen atoms in total. The zero-order valence-corrected chi connectivity index (χ0v) is 11.3. The second-order valence-corrected chi connectivity index (χ2v) is 5.23. The first-order chi connectivity index (χ1) is 7.63. The average Bonchev–Trinajstić information content (AvgIpc) is 2.65. The van der Waals surface area contributed by atoms with E-state index >= 15 is 0 Å². The van der Waals surface area contributed by atoms with Gasteiger partial charge in [0.15, 0.2) is 0 Å². The van der Waals surface area contributed by atoms with Crippen LogP contribution >= 0.6 is 11.3 Å². The maximum absolute atomic E-state index is 5.96. The van der Waals surface area contributed by atoms with E-state index in [-0.39, 0.29) is 0 Å². The minimum atomic E-state index is 0.336. The van der Waals surface area contributed by atoms with Crippen LogP contribution < -0.4 is 11.1 Å². The Morgan fingerprint density at radius 3 is 2.81 bits per heavy atom. The third-order valence-corrected chi connectivity index (χ3v) is 3.78. The smallest absolute Gasteiger partial charge is 0.110 e. The zero-order chi connectivity index (χ0) is 12.0.